The zero-order valence-corrected chi connectivity index (χ0v) is 8.74. The van der Waals surface area contributed by atoms with Crippen LogP contribution in [-0.4, -0.2) is 30.8 Å². The van der Waals surface area contributed by atoms with Gasteiger partial charge in [0.05, 0.1) is 0 Å². The molecule has 0 radical (unpaired) electrons. The fourth-order valence-corrected chi connectivity index (χ4v) is 1.87. The van der Waals surface area contributed by atoms with E-state index in [9.17, 15) is 8.42 Å². The van der Waals surface area contributed by atoms with Crippen LogP contribution in [0, 0.1) is 0 Å². The van der Waals surface area contributed by atoms with Gasteiger partial charge in [0.2, 0.25) is 0 Å². The lowest BCUT2D eigenvalue weighted by Gasteiger charge is -2.14. The highest BCUT2D eigenvalue weighted by Gasteiger charge is 2.09. The van der Waals surface area contributed by atoms with Gasteiger partial charge in [0.25, 0.3) is 10.1 Å². The molecule has 1 N–H and O–H groups in total. The van der Waals surface area contributed by atoms with Gasteiger partial charge in [-0.3, -0.25) is 9.45 Å². The van der Waals surface area contributed by atoms with Gasteiger partial charge < -0.3 is 0 Å². The van der Waals surface area contributed by atoms with Crippen molar-refractivity contribution in [3.05, 3.63) is 35.9 Å². The van der Waals surface area contributed by atoms with Gasteiger partial charge in [-0.05, 0) is 12.6 Å². The maximum absolute atomic E-state index is 10.5. The topological polar surface area (TPSA) is 57.6 Å². The zero-order chi connectivity index (χ0) is 10.6. The molecule has 0 aliphatic rings. The molecule has 78 valence electrons. The molecule has 1 rings (SSSR count). The first-order valence-corrected chi connectivity index (χ1v) is 5.76. The molecule has 0 aliphatic heterocycles. The van der Waals surface area contributed by atoms with E-state index in [2.05, 4.69) is 0 Å². The number of hydrogen-bond donors (Lipinski definition) is 1. The minimum absolute atomic E-state index is 0.345. The van der Waals surface area contributed by atoms with E-state index in [4.69, 9.17) is 4.55 Å². The molecule has 0 unspecified atom stereocenters. The second-order valence-corrected chi connectivity index (χ2v) is 4.63. The molecule has 0 heterocycles. The second kappa shape index (κ2) is 4.54. The number of benzene rings is 1. The summed E-state index contributed by atoms with van der Waals surface area (Å²) >= 11 is 0. The Labute approximate surface area is 83.9 Å². The summed E-state index contributed by atoms with van der Waals surface area (Å²) in [4.78, 5) is 1.53. The molecule has 14 heavy (non-hydrogen) atoms. The second-order valence-electron chi connectivity index (χ2n) is 3.21. The molecule has 0 fully saturated rings. The Bertz CT molecular complexity index is 374. The van der Waals surface area contributed by atoms with E-state index < -0.39 is 10.1 Å². The van der Waals surface area contributed by atoms with E-state index in [0.717, 1.165) is 5.56 Å². The lowest BCUT2D eigenvalue weighted by atomic mass is 10.2. The van der Waals surface area contributed by atoms with E-state index in [0.29, 0.717) is 6.54 Å². The molecule has 5 heteroatoms. The molecule has 0 saturated heterocycles. The highest BCUT2D eigenvalue weighted by molar-refractivity contribution is 7.85. The molecule has 0 bridgehead atoms. The third-order valence-electron chi connectivity index (χ3n) is 1.68. The van der Waals surface area contributed by atoms with Crippen molar-refractivity contribution in [1.82, 2.24) is 4.90 Å². The minimum atomic E-state index is -3.92. The van der Waals surface area contributed by atoms with Crippen LogP contribution in [0.15, 0.2) is 30.3 Å². The van der Waals surface area contributed by atoms with Crippen molar-refractivity contribution >= 4 is 10.1 Å². The van der Waals surface area contributed by atoms with Crippen LogP contribution in [0.3, 0.4) is 0 Å². The highest BCUT2D eigenvalue weighted by Crippen LogP contribution is 2.02. The number of hydrogen-bond acceptors (Lipinski definition) is 3. The SMILES string of the molecule is CN(Cc1ccccc1)CS(=O)(=O)O. The molecule has 0 saturated carbocycles. The largest absolute Gasteiger partial charge is 0.287 e. The summed E-state index contributed by atoms with van der Waals surface area (Å²) in [5.74, 6) is -0.345. The Morgan fingerprint density at radius 1 is 1.29 bits per heavy atom. The molecule has 1 aromatic rings. The van der Waals surface area contributed by atoms with Crippen molar-refractivity contribution in [2.24, 2.45) is 0 Å². The minimum Gasteiger partial charge on any atom is -0.287 e. The fourth-order valence-electron chi connectivity index (χ4n) is 1.22. The Kier molecular flexibility index (Phi) is 3.62. The smallest absolute Gasteiger partial charge is 0.278 e. The molecule has 0 aliphatic carbocycles. The van der Waals surface area contributed by atoms with Gasteiger partial charge in [0.15, 0.2) is 0 Å². The molecule has 0 spiro atoms. The van der Waals surface area contributed by atoms with Crippen molar-refractivity contribution in [2.45, 2.75) is 6.54 Å². The standard InChI is InChI=1S/C9H13NO3S/c1-10(8-14(11,12)13)7-9-5-3-2-4-6-9/h2-6H,7-8H2,1H3,(H,11,12,13). The van der Waals surface area contributed by atoms with Crippen LogP contribution in [0.4, 0.5) is 0 Å². The summed E-state index contributed by atoms with van der Waals surface area (Å²) in [6, 6.07) is 9.47. The van der Waals surface area contributed by atoms with E-state index >= 15 is 0 Å². The third-order valence-corrected chi connectivity index (χ3v) is 2.45. The summed E-state index contributed by atoms with van der Waals surface area (Å²) in [5, 5.41) is 0. The van der Waals surface area contributed by atoms with Gasteiger partial charge in [-0.2, -0.15) is 8.42 Å². The first-order chi connectivity index (χ1) is 6.47. The molecule has 1 aromatic carbocycles. The van der Waals surface area contributed by atoms with E-state index in [-0.39, 0.29) is 5.88 Å². The summed E-state index contributed by atoms with van der Waals surface area (Å²) < 4.78 is 29.7. The monoisotopic (exact) mass is 215 g/mol. The summed E-state index contributed by atoms with van der Waals surface area (Å²) in [5.41, 5.74) is 1.01. The molecule has 0 aromatic heterocycles. The average Bonchev–Trinajstić information content (AvgIpc) is 2.02. The molecular weight excluding hydrogens is 202 g/mol. The maximum atomic E-state index is 10.5. The number of rotatable bonds is 4. The van der Waals surface area contributed by atoms with Crippen LogP contribution in [0.2, 0.25) is 0 Å². The highest BCUT2D eigenvalue weighted by atomic mass is 32.2. The Hall–Kier alpha value is -0.910. The van der Waals surface area contributed by atoms with Crippen molar-refractivity contribution in [3.63, 3.8) is 0 Å². The normalized spacial score (nSPS) is 11.9. The van der Waals surface area contributed by atoms with Crippen LogP contribution in [0.25, 0.3) is 0 Å². The van der Waals surface area contributed by atoms with Crippen molar-refractivity contribution < 1.29 is 13.0 Å². The Morgan fingerprint density at radius 3 is 2.36 bits per heavy atom. The lowest BCUT2D eigenvalue weighted by Crippen LogP contribution is -2.25. The quantitative estimate of drug-likeness (QED) is 0.760. The predicted molar refractivity (Wildman–Crippen MR) is 54.3 cm³/mol. The Balaban J connectivity index is 2.54. The van der Waals surface area contributed by atoms with Gasteiger partial charge in [0.1, 0.15) is 5.88 Å². The van der Waals surface area contributed by atoms with Crippen LogP contribution < -0.4 is 0 Å². The van der Waals surface area contributed by atoms with Crippen LogP contribution >= 0.6 is 0 Å². The maximum Gasteiger partial charge on any atom is 0.278 e. The van der Waals surface area contributed by atoms with E-state index in [1.807, 2.05) is 30.3 Å². The Morgan fingerprint density at radius 2 is 1.86 bits per heavy atom. The molecule has 0 atom stereocenters. The first kappa shape index (κ1) is 11.2. The van der Waals surface area contributed by atoms with E-state index in [1.165, 1.54) is 4.90 Å². The van der Waals surface area contributed by atoms with Gasteiger partial charge >= 0.3 is 0 Å². The van der Waals surface area contributed by atoms with Crippen LogP contribution in [0.5, 0.6) is 0 Å². The third kappa shape index (κ3) is 4.36. The van der Waals surface area contributed by atoms with Crippen molar-refractivity contribution in [3.8, 4) is 0 Å². The molecule has 0 amide bonds. The summed E-state index contributed by atoms with van der Waals surface area (Å²) in [6.45, 7) is 0.501. The predicted octanol–water partition coefficient (Wildman–Crippen LogP) is 0.964. The van der Waals surface area contributed by atoms with Gasteiger partial charge in [0, 0.05) is 6.54 Å². The lowest BCUT2D eigenvalue weighted by molar-refractivity contribution is 0.356. The van der Waals surface area contributed by atoms with Gasteiger partial charge in [-0.1, -0.05) is 30.3 Å². The first-order valence-electron chi connectivity index (χ1n) is 4.15. The zero-order valence-electron chi connectivity index (χ0n) is 7.92. The summed E-state index contributed by atoms with van der Waals surface area (Å²) in [6.07, 6.45) is 0. The van der Waals surface area contributed by atoms with Gasteiger partial charge in [-0.15, -0.1) is 0 Å². The summed E-state index contributed by atoms with van der Waals surface area (Å²) in [7, 11) is -2.28. The van der Waals surface area contributed by atoms with Gasteiger partial charge in [-0.25, -0.2) is 0 Å². The van der Waals surface area contributed by atoms with Crippen LogP contribution in [0.1, 0.15) is 5.56 Å². The van der Waals surface area contributed by atoms with E-state index in [1.54, 1.807) is 7.05 Å². The number of nitrogens with zero attached hydrogens (tertiary/aromatic N) is 1. The van der Waals surface area contributed by atoms with Crippen LogP contribution in [-0.2, 0) is 16.7 Å². The fraction of sp³-hybridized carbons (Fsp3) is 0.333. The average molecular weight is 215 g/mol. The van der Waals surface area contributed by atoms with Crippen molar-refractivity contribution in [2.75, 3.05) is 12.9 Å². The molecule has 4 nitrogen and oxygen atoms in total. The molecular formula is C9H13NO3S. The van der Waals surface area contributed by atoms with Crippen molar-refractivity contribution in [1.29, 1.82) is 0 Å².